The number of benzene rings is 1. The standard InChI is InChI=1S/C15H19ClFN3/c1-4-5-13-19-14(15(18)20(13)9(2)3)10-6-7-12(17)11(16)8-10/h6-9H,4-5,18H2,1-3H3. The number of anilines is 1. The molecule has 0 atom stereocenters. The molecule has 0 saturated carbocycles. The summed E-state index contributed by atoms with van der Waals surface area (Å²) in [6.07, 6.45) is 1.85. The molecule has 0 aliphatic heterocycles. The van der Waals surface area contributed by atoms with Gasteiger partial charge in [-0.1, -0.05) is 18.5 Å². The Morgan fingerprint density at radius 1 is 1.40 bits per heavy atom. The summed E-state index contributed by atoms with van der Waals surface area (Å²) in [5.74, 6) is 1.12. The quantitative estimate of drug-likeness (QED) is 0.905. The summed E-state index contributed by atoms with van der Waals surface area (Å²) in [5, 5.41) is 0.0815. The Morgan fingerprint density at radius 3 is 2.65 bits per heavy atom. The van der Waals surface area contributed by atoms with Crippen LogP contribution in [0.25, 0.3) is 11.3 Å². The molecule has 0 saturated heterocycles. The number of aryl methyl sites for hydroxylation is 1. The van der Waals surface area contributed by atoms with Crippen molar-refractivity contribution in [2.45, 2.75) is 39.7 Å². The van der Waals surface area contributed by atoms with E-state index in [-0.39, 0.29) is 11.1 Å². The number of hydrogen-bond donors (Lipinski definition) is 1. The first-order valence-corrected chi connectivity index (χ1v) is 7.15. The third-order valence-corrected chi connectivity index (χ3v) is 3.49. The Bertz CT molecular complexity index is 620. The molecule has 1 aromatic carbocycles. The van der Waals surface area contributed by atoms with E-state index in [4.69, 9.17) is 17.3 Å². The molecular formula is C15H19ClFN3. The molecule has 5 heteroatoms. The first kappa shape index (κ1) is 14.9. The summed E-state index contributed by atoms with van der Waals surface area (Å²) in [6, 6.07) is 4.79. The summed E-state index contributed by atoms with van der Waals surface area (Å²) in [5.41, 5.74) is 7.63. The molecule has 2 N–H and O–H groups in total. The van der Waals surface area contributed by atoms with E-state index >= 15 is 0 Å². The first-order chi connectivity index (χ1) is 9.45. The van der Waals surface area contributed by atoms with Crippen molar-refractivity contribution in [1.82, 2.24) is 9.55 Å². The summed E-state index contributed by atoms with van der Waals surface area (Å²) >= 11 is 5.84. The molecule has 0 bridgehead atoms. The number of nitrogen functional groups attached to an aromatic ring is 1. The smallest absolute Gasteiger partial charge is 0.141 e. The maximum Gasteiger partial charge on any atom is 0.141 e. The van der Waals surface area contributed by atoms with Gasteiger partial charge in [-0.05, 0) is 38.5 Å². The zero-order chi connectivity index (χ0) is 14.9. The van der Waals surface area contributed by atoms with Crippen molar-refractivity contribution >= 4 is 17.4 Å². The molecule has 0 amide bonds. The minimum atomic E-state index is -0.439. The monoisotopic (exact) mass is 295 g/mol. The average Bonchev–Trinajstić information content (AvgIpc) is 2.70. The molecule has 0 aliphatic carbocycles. The van der Waals surface area contributed by atoms with Crippen LogP contribution in [-0.4, -0.2) is 9.55 Å². The molecule has 3 nitrogen and oxygen atoms in total. The van der Waals surface area contributed by atoms with E-state index < -0.39 is 5.82 Å². The van der Waals surface area contributed by atoms with Crippen molar-refractivity contribution in [2.24, 2.45) is 0 Å². The second-order valence-electron chi connectivity index (χ2n) is 5.10. The number of imidazole rings is 1. The van der Waals surface area contributed by atoms with Gasteiger partial charge in [0.15, 0.2) is 0 Å². The first-order valence-electron chi connectivity index (χ1n) is 6.77. The summed E-state index contributed by atoms with van der Waals surface area (Å²) < 4.78 is 15.3. The van der Waals surface area contributed by atoms with Crippen LogP contribution in [0.3, 0.4) is 0 Å². The van der Waals surface area contributed by atoms with E-state index in [0.29, 0.717) is 11.5 Å². The molecule has 0 spiro atoms. The second-order valence-corrected chi connectivity index (χ2v) is 5.51. The van der Waals surface area contributed by atoms with Gasteiger partial charge in [-0.3, -0.25) is 0 Å². The number of rotatable bonds is 4. The van der Waals surface area contributed by atoms with Crippen LogP contribution in [0.5, 0.6) is 0 Å². The van der Waals surface area contributed by atoms with Gasteiger partial charge in [0.05, 0.1) is 5.02 Å². The number of hydrogen-bond acceptors (Lipinski definition) is 2. The lowest BCUT2D eigenvalue weighted by atomic mass is 10.1. The predicted octanol–water partition coefficient (Wildman–Crippen LogP) is 4.46. The van der Waals surface area contributed by atoms with E-state index in [0.717, 1.165) is 24.2 Å². The Labute approximate surface area is 123 Å². The van der Waals surface area contributed by atoms with Gasteiger partial charge >= 0.3 is 0 Å². The van der Waals surface area contributed by atoms with E-state index in [1.165, 1.54) is 6.07 Å². The minimum absolute atomic E-state index is 0.0815. The zero-order valence-corrected chi connectivity index (χ0v) is 12.7. The van der Waals surface area contributed by atoms with Crippen LogP contribution in [-0.2, 0) is 6.42 Å². The van der Waals surface area contributed by atoms with Crippen LogP contribution in [0, 0.1) is 5.82 Å². The molecule has 0 radical (unpaired) electrons. The zero-order valence-electron chi connectivity index (χ0n) is 12.0. The van der Waals surface area contributed by atoms with Crippen molar-refractivity contribution in [3.63, 3.8) is 0 Å². The fourth-order valence-electron chi connectivity index (χ4n) is 2.33. The highest BCUT2D eigenvalue weighted by Crippen LogP contribution is 2.31. The molecule has 2 aromatic rings. The summed E-state index contributed by atoms with van der Waals surface area (Å²) in [7, 11) is 0. The molecular weight excluding hydrogens is 277 g/mol. The van der Waals surface area contributed by atoms with Gasteiger partial charge in [-0.2, -0.15) is 0 Å². The largest absolute Gasteiger partial charge is 0.383 e. The van der Waals surface area contributed by atoms with Crippen molar-refractivity contribution in [3.8, 4) is 11.3 Å². The van der Waals surface area contributed by atoms with Crippen LogP contribution in [0.4, 0.5) is 10.2 Å². The lowest BCUT2D eigenvalue weighted by molar-refractivity contribution is 0.571. The Balaban J connectivity index is 2.56. The van der Waals surface area contributed by atoms with Gasteiger partial charge in [-0.15, -0.1) is 0 Å². The maximum atomic E-state index is 13.3. The molecule has 0 aliphatic rings. The van der Waals surface area contributed by atoms with Crippen molar-refractivity contribution < 1.29 is 4.39 Å². The van der Waals surface area contributed by atoms with Crippen LogP contribution in [0.2, 0.25) is 5.02 Å². The lowest BCUT2D eigenvalue weighted by Gasteiger charge is -2.13. The summed E-state index contributed by atoms with van der Waals surface area (Å²) in [6.45, 7) is 6.24. The highest BCUT2D eigenvalue weighted by atomic mass is 35.5. The van der Waals surface area contributed by atoms with Gasteiger partial charge in [0.25, 0.3) is 0 Å². The lowest BCUT2D eigenvalue weighted by Crippen LogP contribution is -2.09. The van der Waals surface area contributed by atoms with Crippen LogP contribution in [0.1, 0.15) is 39.1 Å². The molecule has 1 heterocycles. The SMILES string of the molecule is CCCc1nc(-c2ccc(F)c(Cl)c2)c(N)n1C(C)C. The van der Waals surface area contributed by atoms with Crippen molar-refractivity contribution in [3.05, 3.63) is 34.9 Å². The van der Waals surface area contributed by atoms with E-state index in [1.807, 2.05) is 4.57 Å². The fraction of sp³-hybridized carbons (Fsp3) is 0.400. The van der Waals surface area contributed by atoms with Gasteiger partial charge in [0.1, 0.15) is 23.2 Å². The van der Waals surface area contributed by atoms with Gasteiger partial charge in [0, 0.05) is 18.0 Å². The van der Waals surface area contributed by atoms with E-state index in [2.05, 4.69) is 25.8 Å². The molecule has 1 aromatic heterocycles. The van der Waals surface area contributed by atoms with Crippen LogP contribution < -0.4 is 5.73 Å². The van der Waals surface area contributed by atoms with Crippen molar-refractivity contribution in [1.29, 1.82) is 0 Å². The Morgan fingerprint density at radius 2 is 2.10 bits per heavy atom. The summed E-state index contributed by atoms with van der Waals surface area (Å²) in [4.78, 5) is 4.62. The van der Waals surface area contributed by atoms with Crippen LogP contribution >= 0.6 is 11.6 Å². The molecule has 2 rings (SSSR count). The predicted molar refractivity (Wildman–Crippen MR) is 81.4 cm³/mol. The highest BCUT2D eigenvalue weighted by molar-refractivity contribution is 6.31. The van der Waals surface area contributed by atoms with Gasteiger partial charge in [0.2, 0.25) is 0 Å². The third kappa shape index (κ3) is 2.66. The number of nitrogens with zero attached hydrogens (tertiary/aromatic N) is 2. The highest BCUT2D eigenvalue weighted by Gasteiger charge is 2.18. The topological polar surface area (TPSA) is 43.8 Å². The molecule has 0 fully saturated rings. The normalized spacial score (nSPS) is 11.3. The molecule has 20 heavy (non-hydrogen) atoms. The third-order valence-electron chi connectivity index (χ3n) is 3.20. The van der Waals surface area contributed by atoms with Crippen LogP contribution in [0.15, 0.2) is 18.2 Å². The van der Waals surface area contributed by atoms with E-state index in [1.54, 1.807) is 12.1 Å². The van der Waals surface area contributed by atoms with Gasteiger partial charge in [-0.25, -0.2) is 9.37 Å². The molecule has 0 unspecified atom stereocenters. The van der Waals surface area contributed by atoms with Gasteiger partial charge < -0.3 is 10.3 Å². The average molecular weight is 296 g/mol. The number of nitrogens with two attached hydrogens (primary N) is 1. The minimum Gasteiger partial charge on any atom is -0.383 e. The van der Waals surface area contributed by atoms with Crippen molar-refractivity contribution in [2.75, 3.05) is 5.73 Å². The van der Waals surface area contributed by atoms with E-state index in [9.17, 15) is 4.39 Å². The second kappa shape index (κ2) is 5.83. The number of halogens is 2. The maximum absolute atomic E-state index is 13.3. The Kier molecular flexibility index (Phi) is 4.33. The Hall–Kier alpha value is -1.55. The fourth-order valence-corrected chi connectivity index (χ4v) is 2.51. The molecule has 108 valence electrons. The number of aromatic nitrogens is 2.